The molecule has 1 aliphatic heterocycles. The highest BCUT2D eigenvalue weighted by Gasteiger charge is 2.31. The normalized spacial score (nSPS) is 16.3. The number of fused-ring (bicyclic) bond motifs is 14. The zero-order valence-corrected chi connectivity index (χ0v) is 23.6. The molecule has 0 radical (unpaired) electrons. The summed E-state index contributed by atoms with van der Waals surface area (Å²) in [4.78, 5) is 5.33. The van der Waals surface area contributed by atoms with Crippen LogP contribution in [0.15, 0.2) is 125 Å². The van der Waals surface area contributed by atoms with E-state index in [4.69, 9.17) is 9.41 Å². The fourth-order valence-corrected chi connectivity index (χ4v) is 8.67. The molecule has 2 aliphatic rings. The van der Waals surface area contributed by atoms with E-state index < -0.39 is 0 Å². The van der Waals surface area contributed by atoms with E-state index >= 15 is 0 Å². The minimum absolute atomic E-state index is 0.0732. The Morgan fingerprint density at radius 3 is 2.53 bits per heavy atom. The van der Waals surface area contributed by atoms with Gasteiger partial charge in [-0.3, -0.25) is 4.40 Å². The second-order valence-electron chi connectivity index (χ2n) is 11.6. The predicted molar refractivity (Wildman–Crippen MR) is 182 cm³/mol. The van der Waals surface area contributed by atoms with E-state index in [1.165, 1.54) is 58.5 Å². The van der Waals surface area contributed by atoms with E-state index in [2.05, 4.69) is 113 Å². The van der Waals surface area contributed by atoms with Crippen LogP contribution in [0.25, 0.3) is 80.4 Å². The van der Waals surface area contributed by atoms with Crippen molar-refractivity contribution in [1.29, 1.82) is 0 Å². The summed E-state index contributed by atoms with van der Waals surface area (Å²) in [5.41, 5.74) is 8.77. The van der Waals surface area contributed by atoms with Gasteiger partial charge < -0.3 is 9.73 Å². The first-order valence-electron chi connectivity index (χ1n) is 14.6. The van der Waals surface area contributed by atoms with Gasteiger partial charge in [-0.1, -0.05) is 78.9 Å². The Bertz CT molecular complexity index is 2770. The molecule has 0 saturated carbocycles. The van der Waals surface area contributed by atoms with Crippen molar-refractivity contribution in [2.24, 2.45) is 4.99 Å². The molecule has 4 nitrogen and oxygen atoms in total. The Labute approximate surface area is 248 Å². The van der Waals surface area contributed by atoms with Crippen molar-refractivity contribution in [3.8, 4) is 11.1 Å². The molecule has 11 rings (SSSR count). The average molecular weight is 568 g/mol. The number of aromatic nitrogens is 1. The van der Waals surface area contributed by atoms with Crippen LogP contribution >= 0.6 is 11.3 Å². The third kappa shape index (κ3) is 2.74. The largest absolute Gasteiger partial charge is 0.456 e. The van der Waals surface area contributed by atoms with E-state index in [1.54, 1.807) is 0 Å². The highest BCUT2D eigenvalue weighted by atomic mass is 32.1. The van der Waals surface area contributed by atoms with Crippen LogP contribution in [0.5, 0.6) is 0 Å². The van der Waals surface area contributed by atoms with E-state index in [9.17, 15) is 0 Å². The number of anilines is 1. The molecule has 5 heterocycles. The minimum Gasteiger partial charge on any atom is -0.456 e. The average Bonchev–Trinajstić information content (AvgIpc) is 3.79. The molecule has 5 aromatic carbocycles. The molecule has 4 aromatic heterocycles. The first kappa shape index (κ1) is 22.2. The highest BCUT2D eigenvalue weighted by Crippen LogP contribution is 2.52. The van der Waals surface area contributed by atoms with Crippen LogP contribution in [0.1, 0.15) is 0 Å². The van der Waals surface area contributed by atoms with Crippen molar-refractivity contribution in [1.82, 2.24) is 4.40 Å². The van der Waals surface area contributed by atoms with Crippen LogP contribution in [0, 0.1) is 0 Å². The van der Waals surface area contributed by atoms with Gasteiger partial charge in [-0.25, -0.2) is 4.99 Å². The van der Waals surface area contributed by atoms with E-state index in [0.29, 0.717) is 0 Å². The summed E-state index contributed by atoms with van der Waals surface area (Å²) in [6.07, 6.45) is 8.50. The number of rotatable bonds is 1. The summed E-state index contributed by atoms with van der Waals surface area (Å²) in [7, 11) is 0. The SMILES string of the molecule is C1=CC2=Nc3c(c4cc5sc6ccccc6c5c5c6cccc(-c7ccc8oc9ccccc9c8c7)c6n3c45)NC2C=C1. The van der Waals surface area contributed by atoms with Gasteiger partial charge in [0, 0.05) is 52.7 Å². The van der Waals surface area contributed by atoms with Crippen LogP contribution in [0.3, 0.4) is 0 Å². The molecule has 0 saturated heterocycles. The van der Waals surface area contributed by atoms with Crippen molar-refractivity contribution in [2.75, 3.05) is 5.32 Å². The molecule has 0 amide bonds. The van der Waals surface area contributed by atoms with Crippen molar-refractivity contribution < 1.29 is 4.42 Å². The number of benzene rings is 5. The fraction of sp³-hybridized carbons (Fsp3) is 0.0263. The molecular formula is C38H21N3OS. The quantitative estimate of drug-likeness (QED) is 0.214. The molecule has 1 aliphatic carbocycles. The third-order valence-corrected chi connectivity index (χ3v) is 10.4. The molecular weight excluding hydrogens is 547 g/mol. The molecule has 1 atom stereocenters. The van der Waals surface area contributed by atoms with E-state index in [1.807, 2.05) is 23.5 Å². The number of hydrogen-bond acceptors (Lipinski definition) is 4. The summed E-state index contributed by atoms with van der Waals surface area (Å²) in [5.74, 6) is 0.977. The Kier molecular flexibility index (Phi) is 3.99. The Balaban J connectivity index is 1.34. The van der Waals surface area contributed by atoms with Crippen molar-refractivity contribution in [2.45, 2.75) is 6.04 Å². The predicted octanol–water partition coefficient (Wildman–Crippen LogP) is 10.6. The zero-order chi connectivity index (χ0) is 27.8. The van der Waals surface area contributed by atoms with Gasteiger partial charge in [-0.05, 0) is 42.0 Å². The number of aliphatic imine (C=N–C) groups is 1. The van der Waals surface area contributed by atoms with Crippen LogP contribution in [-0.2, 0) is 0 Å². The maximum absolute atomic E-state index is 6.18. The molecule has 5 heteroatoms. The topological polar surface area (TPSA) is 41.9 Å². The van der Waals surface area contributed by atoms with Crippen molar-refractivity contribution in [3.05, 3.63) is 115 Å². The fourth-order valence-electron chi connectivity index (χ4n) is 7.52. The van der Waals surface area contributed by atoms with Gasteiger partial charge in [-0.15, -0.1) is 11.3 Å². The van der Waals surface area contributed by atoms with Crippen molar-refractivity contribution >= 4 is 97.9 Å². The summed E-state index contributed by atoms with van der Waals surface area (Å²) in [5, 5.41) is 12.6. The van der Waals surface area contributed by atoms with Gasteiger partial charge in [0.2, 0.25) is 0 Å². The number of thiophene rings is 1. The molecule has 0 bridgehead atoms. The highest BCUT2D eigenvalue weighted by molar-refractivity contribution is 7.26. The molecule has 200 valence electrons. The summed E-state index contributed by atoms with van der Waals surface area (Å²) in [6.45, 7) is 0. The van der Waals surface area contributed by atoms with Gasteiger partial charge >= 0.3 is 0 Å². The van der Waals surface area contributed by atoms with Gasteiger partial charge in [0.15, 0.2) is 5.82 Å². The van der Waals surface area contributed by atoms with Gasteiger partial charge in [0.1, 0.15) is 11.2 Å². The summed E-state index contributed by atoms with van der Waals surface area (Å²) >= 11 is 1.88. The first-order valence-corrected chi connectivity index (χ1v) is 15.4. The molecule has 1 N–H and O–H groups in total. The molecule has 43 heavy (non-hydrogen) atoms. The summed E-state index contributed by atoms with van der Waals surface area (Å²) in [6, 6.07) is 32.9. The number of para-hydroxylation sites is 2. The molecule has 9 aromatic rings. The van der Waals surface area contributed by atoms with Gasteiger partial charge in [0.05, 0.1) is 28.5 Å². The maximum atomic E-state index is 6.18. The Morgan fingerprint density at radius 2 is 1.56 bits per heavy atom. The lowest BCUT2D eigenvalue weighted by molar-refractivity contribution is 0.669. The smallest absolute Gasteiger partial charge is 0.162 e. The maximum Gasteiger partial charge on any atom is 0.162 e. The first-order chi connectivity index (χ1) is 21.3. The van der Waals surface area contributed by atoms with Crippen LogP contribution in [0.2, 0.25) is 0 Å². The third-order valence-electron chi connectivity index (χ3n) is 9.32. The second kappa shape index (κ2) is 7.71. The van der Waals surface area contributed by atoms with Crippen LogP contribution in [-0.4, -0.2) is 16.2 Å². The Morgan fingerprint density at radius 1 is 0.698 bits per heavy atom. The summed E-state index contributed by atoms with van der Waals surface area (Å²) < 4.78 is 11.2. The minimum atomic E-state index is 0.0732. The number of allylic oxidation sites excluding steroid dienone is 2. The van der Waals surface area contributed by atoms with Gasteiger partial charge in [-0.2, -0.15) is 0 Å². The van der Waals surface area contributed by atoms with Crippen LogP contribution in [0.4, 0.5) is 11.5 Å². The lowest BCUT2D eigenvalue weighted by Crippen LogP contribution is -2.29. The number of nitrogens with one attached hydrogen (secondary N) is 1. The zero-order valence-electron chi connectivity index (χ0n) is 22.8. The number of hydrogen-bond donors (Lipinski definition) is 1. The number of nitrogens with zero attached hydrogens (tertiary/aromatic N) is 2. The monoisotopic (exact) mass is 567 g/mol. The lowest BCUT2D eigenvalue weighted by atomic mass is 9.98. The number of furan rings is 1. The lowest BCUT2D eigenvalue weighted by Gasteiger charge is -2.23. The standard InChI is InChI=1S/C38H21N3OS/c1-5-14-29-22(8-1)25-18-20(16-17-30(25)42-29)21-10-7-11-24-34-33-23-9-2-6-15-31(23)43-32(33)19-26-35-38(41(36(21)24)37(26)34)40-28-13-4-3-12-27(28)39-35/h1-19,27,39H. The van der Waals surface area contributed by atoms with Crippen molar-refractivity contribution in [3.63, 3.8) is 0 Å². The van der Waals surface area contributed by atoms with E-state index in [-0.39, 0.29) is 6.04 Å². The van der Waals surface area contributed by atoms with E-state index in [0.717, 1.165) is 39.2 Å². The van der Waals surface area contributed by atoms with Gasteiger partial charge in [0.25, 0.3) is 0 Å². The molecule has 0 spiro atoms. The Hall–Kier alpha value is -5.39. The molecule has 1 unspecified atom stereocenters. The second-order valence-corrected chi connectivity index (χ2v) is 12.7. The van der Waals surface area contributed by atoms with Crippen LogP contribution < -0.4 is 5.32 Å². The molecule has 0 fully saturated rings.